The molecule has 0 bridgehead atoms. The average molecular weight is 210 g/mol. The lowest BCUT2D eigenvalue weighted by Crippen LogP contribution is -1.92. The highest BCUT2D eigenvalue weighted by Gasteiger charge is 2.10. The Morgan fingerprint density at radius 2 is 2.29 bits per heavy atom. The van der Waals surface area contributed by atoms with Gasteiger partial charge in [-0.3, -0.25) is 0 Å². The van der Waals surface area contributed by atoms with E-state index in [-0.39, 0.29) is 0 Å². The summed E-state index contributed by atoms with van der Waals surface area (Å²) in [6, 6.07) is 5.63. The second-order valence-electron chi connectivity index (χ2n) is 3.36. The summed E-state index contributed by atoms with van der Waals surface area (Å²) in [6.45, 7) is 1.96. The van der Waals surface area contributed by atoms with Crippen LogP contribution in [0.15, 0.2) is 24.4 Å². The first-order valence-electron chi connectivity index (χ1n) is 4.67. The minimum atomic E-state index is -0.398. The van der Waals surface area contributed by atoms with Gasteiger partial charge in [0, 0.05) is 27.7 Å². The Balaban J connectivity index is 2.58. The van der Waals surface area contributed by atoms with Gasteiger partial charge in [0.05, 0.1) is 6.10 Å². The van der Waals surface area contributed by atoms with Crippen LogP contribution in [0, 0.1) is 0 Å². The molecule has 0 radical (unpaired) electrons. The maximum absolute atomic E-state index is 9.73. The summed E-state index contributed by atoms with van der Waals surface area (Å²) < 4.78 is 0. The maximum atomic E-state index is 9.73. The fourth-order valence-corrected chi connectivity index (χ4v) is 1.79. The van der Waals surface area contributed by atoms with Crippen LogP contribution in [-0.2, 0) is 0 Å². The molecular weight excluding hydrogens is 198 g/mol. The highest BCUT2D eigenvalue weighted by molar-refractivity contribution is 6.31. The molecule has 0 amide bonds. The lowest BCUT2D eigenvalue weighted by molar-refractivity contribution is 0.175. The molecule has 2 N–H and O–H groups in total. The zero-order valence-electron chi connectivity index (χ0n) is 7.92. The van der Waals surface area contributed by atoms with E-state index in [9.17, 15) is 5.11 Å². The van der Waals surface area contributed by atoms with Crippen LogP contribution in [0.5, 0.6) is 0 Å². The number of benzene rings is 1. The molecule has 14 heavy (non-hydrogen) atoms. The van der Waals surface area contributed by atoms with Gasteiger partial charge in [0.1, 0.15) is 0 Å². The standard InChI is InChI=1S/C11H12ClNO/c1-2-11(14)9-6-13-10-5-7(12)3-4-8(9)10/h3-6,11,13-14H,2H2,1H3/t11-/m0/s1. The summed E-state index contributed by atoms with van der Waals surface area (Å²) in [5.41, 5.74) is 1.92. The van der Waals surface area contributed by atoms with Crippen molar-refractivity contribution in [3.63, 3.8) is 0 Å². The van der Waals surface area contributed by atoms with Crippen LogP contribution >= 0.6 is 11.6 Å². The van der Waals surface area contributed by atoms with Gasteiger partial charge in [-0.05, 0) is 18.6 Å². The van der Waals surface area contributed by atoms with E-state index >= 15 is 0 Å². The van der Waals surface area contributed by atoms with Gasteiger partial charge in [-0.25, -0.2) is 0 Å². The van der Waals surface area contributed by atoms with Crippen LogP contribution in [0.4, 0.5) is 0 Å². The van der Waals surface area contributed by atoms with E-state index in [1.165, 1.54) is 0 Å². The third-order valence-corrected chi connectivity index (χ3v) is 2.66. The van der Waals surface area contributed by atoms with Gasteiger partial charge in [-0.15, -0.1) is 0 Å². The van der Waals surface area contributed by atoms with E-state index in [0.29, 0.717) is 5.02 Å². The molecular formula is C11H12ClNO. The molecule has 1 aromatic carbocycles. The van der Waals surface area contributed by atoms with Gasteiger partial charge in [0.2, 0.25) is 0 Å². The Bertz CT molecular complexity index is 449. The molecule has 2 nitrogen and oxygen atoms in total. The first-order chi connectivity index (χ1) is 6.72. The van der Waals surface area contributed by atoms with Gasteiger partial charge in [0.15, 0.2) is 0 Å². The number of hydrogen-bond acceptors (Lipinski definition) is 1. The molecule has 2 rings (SSSR count). The Morgan fingerprint density at radius 3 is 3.00 bits per heavy atom. The number of hydrogen-bond donors (Lipinski definition) is 2. The second kappa shape index (κ2) is 3.64. The molecule has 2 aromatic rings. The first kappa shape index (κ1) is 9.56. The zero-order valence-corrected chi connectivity index (χ0v) is 8.67. The van der Waals surface area contributed by atoms with E-state index in [0.717, 1.165) is 22.9 Å². The number of rotatable bonds is 2. The van der Waals surface area contributed by atoms with Gasteiger partial charge >= 0.3 is 0 Å². The zero-order chi connectivity index (χ0) is 10.1. The van der Waals surface area contributed by atoms with Gasteiger partial charge in [-0.1, -0.05) is 24.6 Å². The molecule has 0 unspecified atom stereocenters. The quantitative estimate of drug-likeness (QED) is 0.783. The van der Waals surface area contributed by atoms with E-state index in [2.05, 4.69) is 4.98 Å². The Hall–Kier alpha value is -0.990. The van der Waals surface area contributed by atoms with Gasteiger partial charge in [-0.2, -0.15) is 0 Å². The number of aliphatic hydroxyl groups excluding tert-OH is 1. The predicted octanol–water partition coefficient (Wildman–Crippen LogP) is 3.26. The number of halogens is 1. The number of nitrogens with one attached hydrogen (secondary N) is 1. The monoisotopic (exact) mass is 209 g/mol. The average Bonchev–Trinajstić information content (AvgIpc) is 2.59. The molecule has 0 spiro atoms. The van der Waals surface area contributed by atoms with Crippen molar-refractivity contribution in [2.45, 2.75) is 19.4 Å². The van der Waals surface area contributed by atoms with Crippen LogP contribution < -0.4 is 0 Å². The molecule has 0 aliphatic heterocycles. The fourth-order valence-electron chi connectivity index (χ4n) is 1.62. The third-order valence-electron chi connectivity index (χ3n) is 2.42. The topological polar surface area (TPSA) is 36.0 Å². The van der Waals surface area contributed by atoms with Gasteiger partial charge < -0.3 is 10.1 Å². The van der Waals surface area contributed by atoms with E-state index < -0.39 is 6.10 Å². The van der Waals surface area contributed by atoms with Crippen LogP contribution in [-0.4, -0.2) is 10.1 Å². The summed E-state index contributed by atoms with van der Waals surface area (Å²) in [7, 11) is 0. The Kier molecular flexibility index (Phi) is 2.48. The molecule has 1 atom stereocenters. The number of aliphatic hydroxyl groups is 1. The lowest BCUT2D eigenvalue weighted by Gasteiger charge is -2.05. The molecule has 0 saturated heterocycles. The van der Waals surface area contributed by atoms with Gasteiger partial charge in [0.25, 0.3) is 0 Å². The molecule has 3 heteroatoms. The van der Waals surface area contributed by atoms with Crippen molar-refractivity contribution in [1.82, 2.24) is 4.98 Å². The molecule has 1 heterocycles. The van der Waals surface area contributed by atoms with Crippen molar-refractivity contribution in [3.05, 3.63) is 35.0 Å². The molecule has 0 aliphatic rings. The Morgan fingerprint density at radius 1 is 1.50 bits per heavy atom. The SMILES string of the molecule is CC[C@H](O)c1c[nH]c2cc(Cl)ccc12. The summed E-state index contributed by atoms with van der Waals surface area (Å²) in [5.74, 6) is 0. The summed E-state index contributed by atoms with van der Waals surface area (Å²) in [6.07, 6.45) is 2.16. The minimum absolute atomic E-state index is 0.398. The maximum Gasteiger partial charge on any atom is 0.0808 e. The number of aromatic nitrogens is 1. The second-order valence-corrected chi connectivity index (χ2v) is 3.79. The summed E-state index contributed by atoms with van der Waals surface area (Å²) >= 11 is 5.86. The van der Waals surface area contributed by atoms with Crippen LogP contribution in [0.3, 0.4) is 0 Å². The van der Waals surface area contributed by atoms with E-state index in [4.69, 9.17) is 11.6 Å². The molecule has 74 valence electrons. The van der Waals surface area contributed by atoms with Crippen molar-refractivity contribution in [3.8, 4) is 0 Å². The van der Waals surface area contributed by atoms with Crippen LogP contribution in [0.2, 0.25) is 5.02 Å². The normalized spacial score (nSPS) is 13.4. The van der Waals surface area contributed by atoms with Crippen LogP contribution in [0.1, 0.15) is 25.0 Å². The summed E-state index contributed by atoms with van der Waals surface area (Å²) in [4.78, 5) is 3.10. The minimum Gasteiger partial charge on any atom is -0.388 e. The summed E-state index contributed by atoms with van der Waals surface area (Å²) in [5, 5.41) is 11.5. The smallest absolute Gasteiger partial charge is 0.0808 e. The number of H-pyrrole nitrogens is 1. The lowest BCUT2D eigenvalue weighted by atomic mass is 10.1. The molecule has 0 fully saturated rings. The highest BCUT2D eigenvalue weighted by atomic mass is 35.5. The van der Waals surface area contributed by atoms with Crippen molar-refractivity contribution in [1.29, 1.82) is 0 Å². The number of fused-ring (bicyclic) bond motifs is 1. The largest absolute Gasteiger partial charge is 0.388 e. The first-order valence-corrected chi connectivity index (χ1v) is 5.04. The molecule has 0 saturated carbocycles. The third kappa shape index (κ3) is 1.51. The van der Waals surface area contributed by atoms with Crippen LogP contribution in [0.25, 0.3) is 10.9 Å². The van der Waals surface area contributed by atoms with Crippen molar-refractivity contribution in [2.75, 3.05) is 0 Å². The fraction of sp³-hybridized carbons (Fsp3) is 0.273. The van der Waals surface area contributed by atoms with Crippen molar-refractivity contribution < 1.29 is 5.11 Å². The van der Waals surface area contributed by atoms with Crippen molar-refractivity contribution >= 4 is 22.5 Å². The van der Waals surface area contributed by atoms with Crippen molar-refractivity contribution in [2.24, 2.45) is 0 Å². The highest BCUT2D eigenvalue weighted by Crippen LogP contribution is 2.27. The van der Waals surface area contributed by atoms with E-state index in [1.54, 1.807) is 0 Å². The number of aromatic amines is 1. The Labute approximate surface area is 87.5 Å². The van der Waals surface area contributed by atoms with E-state index in [1.807, 2.05) is 31.3 Å². The predicted molar refractivity (Wildman–Crippen MR) is 58.6 cm³/mol. The molecule has 0 aliphatic carbocycles. The molecule has 1 aromatic heterocycles.